The van der Waals surface area contributed by atoms with Gasteiger partial charge in [-0.3, -0.25) is 4.90 Å². The van der Waals surface area contributed by atoms with Gasteiger partial charge in [-0.05, 0) is 67.8 Å². The van der Waals surface area contributed by atoms with Gasteiger partial charge in [0, 0.05) is 67.9 Å². The fraction of sp³-hybridized carbons (Fsp3) is 0.735. The summed E-state index contributed by atoms with van der Waals surface area (Å²) in [5, 5.41) is 25.0. The predicted octanol–water partition coefficient (Wildman–Crippen LogP) is 3.16. The van der Waals surface area contributed by atoms with Gasteiger partial charge in [0.15, 0.2) is 11.5 Å². The summed E-state index contributed by atoms with van der Waals surface area (Å²) in [6.07, 6.45) is 5.90. The zero-order chi connectivity index (χ0) is 30.3. The molecule has 9 nitrogen and oxygen atoms in total. The molecule has 0 amide bonds. The molecule has 6 aliphatic rings. The third kappa shape index (κ3) is 3.84. The number of carbonyl (C=O) groups is 1. The van der Waals surface area contributed by atoms with Crippen LogP contribution in [0.3, 0.4) is 0 Å². The first-order valence-electron chi connectivity index (χ1n) is 16.0. The minimum Gasteiger partial charge on any atom is -0.493 e. The molecule has 236 valence electrons. The smallest absolute Gasteiger partial charge is 0.331 e. The molecule has 1 aromatic carbocycles. The minimum atomic E-state index is -1.04. The molecule has 1 aromatic rings. The Bertz CT molecular complexity index is 1290. The zero-order valence-electron chi connectivity index (χ0n) is 26.0. The van der Waals surface area contributed by atoms with E-state index >= 15 is 0 Å². The number of hydrogen-bond donors (Lipinski definition) is 2. The number of ether oxygens (including phenoxy) is 5. The maximum absolute atomic E-state index is 13.4. The van der Waals surface area contributed by atoms with Crippen LogP contribution in [0.15, 0.2) is 24.3 Å². The largest absolute Gasteiger partial charge is 0.493 e. The molecule has 0 radical (unpaired) electrons. The Hall–Kier alpha value is -2.17. The standard InChI is InChI=1S/C34H47NO8/c1-6-35-17-32(18-39-2)12-11-27(36)34-21-14-20-25(42-5)16-33(38,22(31(34)35)15-26(32)34)29(21)30(20)43-28(37)10-8-19-7-9-23(40-3)24(13-19)41-4/h7-10,13,20-22,25-27,29-31,36,38H,6,11-12,14-18H2,1-5H3/b10-8+. The molecule has 5 aliphatic carbocycles. The van der Waals surface area contributed by atoms with Crippen molar-refractivity contribution in [2.45, 2.75) is 69.0 Å². The van der Waals surface area contributed by atoms with Crippen LogP contribution in [0.25, 0.3) is 6.08 Å². The third-order valence-electron chi connectivity index (χ3n) is 12.9. The second-order valence-corrected chi connectivity index (χ2v) is 14.1. The molecule has 12 atom stereocenters. The molecule has 1 aliphatic heterocycles. The average Bonchev–Trinajstić information content (AvgIpc) is 3.47. The summed E-state index contributed by atoms with van der Waals surface area (Å²) in [6, 6.07) is 5.57. The Labute approximate surface area is 254 Å². The van der Waals surface area contributed by atoms with Gasteiger partial charge in [0.1, 0.15) is 6.10 Å². The molecule has 1 heterocycles. The van der Waals surface area contributed by atoms with Gasteiger partial charge in [-0.15, -0.1) is 0 Å². The summed E-state index contributed by atoms with van der Waals surface area (Å²) in [5.41, 5.74) is -0.655. The van der Waals surface area contributed by atoms with Crippen molar-refractivity contribution in [2.24, 2.45) is 40.4 Å². The number of likely N-dealkylation sites (tertiary alicyclic amines) is 1. The van der Waals surface area contributed by atoms with Gasteiger partial charge in [0.25, 0.3) is 0 Å². The number of hydrogen-bond acceptors (Lipinski definition) is 9. The van der Waals surface area contributed by atoms with Crippen molar-refractivity contribution in [3.05, 3.63) is 29.8 Å². The lowest BCUT2D eigenvalue weighted by Gasteiger charge is -2.69. The van der Waals surface area contributed by atoms with Gasteiger partial charge in [0.2, 0.25) is 0 Å². The van der Waals surface area contributed by atoms with Crippen LogP contribution in [0.2, 0.25) is 0 Å². The van der Waals surface area contributed by atoms with E-state index in [4.69, 9.17) is 23.7 Å². The number of aliphatic hydroxyl groups is 2. The van der Waals surface area contributed by atoms with Crippen molar-refractivity contribution in [1.82, 2.24) is 4.90 Å². The number of methoxy groups -OCH3 is 4. The SMILES string of the molecule is CCN1CC2(COC)CCC(O)C34C5CC6C(OC)CC(O)(C(CC23)C14)C5C6OC(=O)/C=C/c1ccc(OC)c(OC)c1. The van der Waals surface area contributed by atoms with E-state index in [2.05, 4.69) is 11.8 Å². The highest BCUT2D eigenvalue weighted by Gasteiger charge is 2.84. The molecule has 1 saturated heterocycles. The lowest BCUT2D eigenvalue weighted by Crippen LogP contribution is -2.76. The van der Waals surface area contributed by atoms with E-state index in [9.17, 15) is 15.0 Å². The Kier molecular flexibility index (Phi) is 7.17. The Balaban J connectivity index is 1.25. The Morgan fingerprint density at radius 3 is 2.60 bits per heavy atom. The summed E-state index contributed by atoms with van der Waals surface area (Å²) in [5.74, 6) is 0.767. The zero-order valence-corrected chi connectivity index (χ0v) is 26.0. The second-order valence-electron chi connectivity index (χ2n) is 14.1. The highest BCUT2D eigenvalue weighted by atomic mass is 16.6. The number of piperidine rings is 1. The molecule has 43 heavy (non-hydrogen) atoms. The molecule has 5 saturated carbocycles. The van der Waals surface area contributed by atoms with Crippen LogP contribution in [0.4, 0.5) is 0 Å². The maximum atomic E-state index is 13.4. The van der Waals surface area contributed by atoms with Crippen molar-refractivity contribution in [2.75, 3.05) is 48.1 Å². The van der Waals surface area contributed by atoms with Crippen LogP contribution in [-0.2, 0) is 19.0 Å². The molecule has 12 unspecified atom stereocenters. The van der Waals surface area contributed by atoms with Crippen LogP contribution < -0.4 is 9.47 Å². The van der Waals surface area contributed by atoms with Crippen LogP contribution >= 0.6 is 0 Å². The predicted molar refractivity (Wildman–Crippen MR) is 159 cm³/mol. The van der Waals surface area contributed by atoms with Crippen molar-refractivity contribution in [1.29, 1.82) is 0 Å². The van der Waals surface area contributed by atoms with Crippen molar-refractivity contribution in [3.8, 4) is 11.5 Å². The molecular formula is C34H47NO8. The van der Waals surface area contributed by atoms with Gasteiger partial charge >= 0.3 is 5.97 Å². The van der Waals surface area contributed by atoms with Crippen molar-refractivity contribution >= 4 is 12.0 Å². The van der Waals surface area contributed by atoms with Crippen LogP contribution in [0.5, 0.6) is 11.5 Å². The summed E-state index contributed by atoms with van der Waals surface area (Å²) in [6.45, 7) is 4.69. The molecule has 7 bridgehead atoms. The highest BCUT2D eigenvalue weighted by molar-refractivity contribution is 5.87. The summed E-state index contributed by atoms with van der Waals surface area (Å²) in [4.78, 5) is 16.0. The topological polar surface area (TPSA) is 107 Å². The van der Waals surface area contributed by atoms with E-state index in [1.807, 2.05) is 12.1 Å². The molecule has 9 heteroatoms. The number of carbonyl (C=O) groups excluding carboxylic acids is 1. The Morgan fingerprint density at radius 2 is 1.91 bits per heavy atom. The van der Waals surface area contributed by atoms with Crippen LogP contribution in [0.1, 0.15) is 44.6 Å². The number of rotatable bonds is 9. The average molecular weight is 598 g/mol. The first kappa shape index (κ1) is 29.5. The lowest BCUT2D eigenvalue weighted by atomic mass is 9.43. The van der Waals surface area contributed by atoms with Crippen molar-refractivity contribution in [3.63, 3.8) is 0 Å². The highest BCUT2D eigenvalue weighted by Crippen LogP contribution is 2.79. The monoisotopic (exact) mass is 597 g/mol. The first-order valence-corrected chi connectivity index (χ1v) is 16.0. The molecule has 1 spiro atoms. The van der Waals surface area contributed by atoms with E-state index in [0.29, 0.717) is 24.5 Å². The number of nitrogens with zero attached hydrogens (tertiary/aromatic N) is 1. The quantitative estimate of drug-likeness (QED) is 0.328. The van der Waals surface area contributed by atoms with Crippen LogP contribution in [0, 0.1) is 40.4 Å². The van der Waals surface area contributed by atoms with E-state index in [1.54, 1.807) is 40.6 Å². The van der Waals surface area contributed by atoms with Gasteiger partial charge in [-0.2, -0.15) is 0 Å². The number of benzene rings is 1. The van der Waals surface area contributed by atoms with Gasteiger partial charge in [-0.1, -0.05) is 13.0 Å². The van der Waals surface area contributed by atoms with Crippen molar-refractivity contribution < 1.29 is 38.7 Å². The molecular weight excluding hydrogens is 550 g/mol. The summed E-state index contributed by atoms with van der Waals surface area (Å²) >= 11 is 0. The van der Waals surface area contributed by atoms with E-state index in [0.717, 1.165) is 44.3 Å². The van der Waals surface area contributed by atoms with Gasteiger partial charge in [-0.25, -0.2) is 4.79 Å². The first-order chi connectivity index (χ1) is 20.7. The third-order valence-corrected chi connectivity index (χ3v) is 12.9. The van der Waals surface area contributed by atoms with E-state index in [-0.39, 0.29) is 52.6 Å². The number of fused-ring (bicyclic) bond motifs is 2. The van der Waals surface area contributed by atoms with Gasteiger partial charge < -0.3 is 33.9 Å². The van der Waals surface area contributed by atoms with E-state index < -0.39 is 23.8 Å². The summed E-state index contributed by atoms with van der Waals surface area (Å²) in [7, 11) is 6.66. The fourth-order valence-corrected chi connectivity index (χ4v) is 11.8. The fourth-order valence-electron chi connectivity index (χ4n) is 11.8. The maximum Gasteiger partial charge on any atom is 0.331 e. The van der Waals surface area contributed by atoms with Gasteiger partial charge in [0.05, 0.1) is 38.6 Å². The minimum absolute atomic E-state index is 0.0228. The molecule has 7 rings (SSSR count). The molecule has 6 fully saturated rings. The van der Waals surface area contributed by atoms with E-state index in [1.165, 1.54) is 6.08 Å². The number of aliphatic hydroxyl groups excluding tert-OH is 1. The number of esters is 1. The second kappa shape index (κ2) is 10.4. The molecule has 0 aromatic heterocycles. The molecule has 2 N–H and O–H groups in total. The summed E-state index contributed by atoms with van der Waals surface area (Å²) < 4.78 is 29.0. The Morgan fingerprint density at radius 1 is 1.12 bits per heavy atom. The normalized spacial score (nSPS) is 45.8. The lowest BCUT2D eigenvalue weighted by molar-refractivity contribution is -0.273. The van der Waals surface area contributed by atoms with Crippen LogP contribution in [-0.4, -0.2) is 99.2 Å².